The van der Waals surface area contributed by atoms with E-state index in [-0.39, 0.29) is 0 Å². The van der Waals surface area contributed by atoms with E-state index in [0.717, 1.165) is 18.0 Å². The first kappa shape index (κ1) is 7.06. The van der Waals surface area contributed by atoms with Crippen molar-refractivity contribution in [3.05, 3.63) is 0 Å². The zero-order chi connectivity index (χ0) is 7.14. The van der Waals surface area contributed by atoms with E-state index in [0.29, 0.717) is 0 Å². The molecule has 0 aromatic heterocycles. The highest BCUT2D eigenvalue weighted by Crippen LogP contribution is 2.40. The Balaban J connectivity index is 2.09. The van der Waals surface area contributed by atoms with Gasteiger partial charge in [0.2, 0.25) is 0 Å². The van der Waals surface area contributed by atoms with Gasteiger partial charge in [-0.15, -0.1) is 0 Å². The second kappa shape index (κ2) is 2.46. The van der Waals surface area contributed by atoms with E-state index in [1.165, 1.54) is 25.7 Å². The molecular formula is C8H16NP. The lowest BCUT2D eigenvalue weighted by Gasteiger charge is -2.34. The predicted molar refractivity (Wildman–Crippen MR) is 46.8 cm³/mol. The van der Waals surface area contributed by atoms with Gasteiger partial charge in [0.1, 0.15) is 0 Å². The summed E-state index contributed by atoms with van der Waals surface area (Å²) in [6, 6.07) is 1.80. The van der Waals surface area contributed by atoms with Gasteiger partial charge in [-0.2, -0.15) is 0 Å². The number of hydrogen-bond acceptors (Lipinski definition) is 1. The van der Waals surface area contributed by atoms with Gasteiger partial charge in [0, 0.05) is 12.1 Å². The summed E-state index contributed by atoms with van der Waals surface area (Å²) in [5.74, 6) is 0.981. The molecule has 58 valence electrons. The van der Waals surface area contributed by atoms with Gasteiger partial charge in [-0.1, -0.05) is 16.3 Å². The van der Waals surface area contributed by atoms with Gasteiger partial charge in [0.05, 0.1) is 0 Å². The molecule has 2 fully saturated rings. The quantitative estimate of drug-likeness (QED) is 0.486. The topological polar surface area (TPSA) is 3.24 Å². The molecule has 2 saturated heterocycles. The Kier molecular flexibility index (Phi) is 1.74. The minimum absolute atomic E-state index is 0.902. The van der Waals surface area contributed by atoms with Crippen molar-refractivity contribution in [1.29, 1.82) is 0 Å². The highest BCUT2D eigenvalue weighted by atomic mass is 31.0. The van der Waals surface area contributed by atoms with E-state index >= 15 is 0 Å². The van der Waals surface area contributed by atoms with Gasteiger partial charge in [0.15, 0.2) is 0 Å². The Labute approximate surface area is 65.4 Å². The van der Waals surface area contributed by atoms with Gasteiger partial charge >= 0.3 is 0 Å². The highest BCUT2D eigenvalue weighted by molar-refractivity contribution is 7.13. The number of piperidine rings is 1. The van der Waals surface area contributed by atoms with Crippen molar-refractivity contribution in [3.8, 4) is 0 Å². The van der Waals surface area contributed by atoms with Gasteiger partial charge < -0.3 is 0 Å². The molecule has 0 aliphatic carbocycles. The molecule has 10 heavy (non-hydrogen) atoms. The standard InChI is InChI=1S/C8H16NP/c1-6-4-7-2-3-8(5-6)9(7)10/h6-8H,2-5,10H2,1H3. The summed E-state index contributed by atoms with van der Waals surface area (Å²) in [6.07, 6.45) is 5.75. The lowest BCUT2D eigenvalue weighted by atomic mass is 9.94. The molecule has 2 heterocycles. The van der Waals surface area contributed by atoms with Crippen LogP contribution in [0.5, 0.6) is 0 Å². The first-order chi connectivity index (χ1) is 4.77. The molecule has 2 heteroatoms. The number of hydrogen-bond donors (Lipinski definition) is 0. The van der Waals surface area contributed by atoms with Crippen molar-refractivity contribution in [2.24, 2.45) is 5.92 Å². The van der Waals surface area contributed by atoms with Crippen molar-refractivity contribution in [2.45, 2.75) is 44.7 Å². The average Bonchev–Trinajstić information content (AvgIpc) is 2.20. The van der Waals surface area contributed by atoms with E-state index in [1.54, 1.807) is 0 Å². The molecule has 2 aliphatic rings. The lowest BCUT2D eigenvalue weighted by Crippen LogP contribution is -2.34. The zero-order valence-electron chi connectivity index (χ0n) is 6.59. The summed E-state index contributed by atoms with van der Waals surface area (Å²) in [7, 11) is 2.90. The fourth-order valence-electron chi connectivity index (χ4n) is 2.49. The summed E-state index contributed by atoms with van der Waals surface area (Å²) < 4.78 is 2.51. The Morgan fingerprint density at radius 2 is 1.70 bits per heavy atom. The van der Waals surface area contributed by atoms with E-state index in [4.69, 9.17) is 0 Å². The summed E-state index contributed by atoms with van der Waals surface area (Å²) in [6.45, 7) is 2.39. The van der Waals surface area contributed by atoms with Crippen LogP contribution < -0.4 is 0 Å². The first-order valence-corrected chi connectivity index (χ1v) is 4.82. The van der Waals surface area contributed by atoms with Crippen molar-refractivity contribution in [2.75, 3.05) is 0 Å². The third-order valence-corrected chi connectivity index (χ3v) is 3.87. The summed E-state index contributed by atoms with van der Waals surface area (Å²) in [4.78, 5) is 0. The molecule has 0 aromatic rings. The third kappa shape index (κ3) is 1.00. The summed E-state index contributed by atoms with van der Waals surface area (Å²) >= 11 is 0. The molecular weight excluding hydrogens is 141 g/mol. The normalized spacial score (nSPS) is 48.0. The maximum atomic E-state index is 2.90. The number of rotatable bonds is 0. The van der Waals surface area contributed by atoms with Crippen molar-refractivity contribution >= 4 is 9.39 Å². The predicted octanol–water partition coefficient (Wildman–Crippen LogP) is 2.04. The molecule has 2 bridgehead atoms. The molecule has 0 N–H and O–H groups in total. The van der Waals surface area contributed by atoms with Crippen LogP contribution >= 0.6 is 9.39 Å². The highest BCUT2D eigenvalue weighted by Gasteiger charge is 2.36. The second-order valence-electron chi connectivity index (χ2n) is 3.91. The molecule has 0 amide bonds. The van der Waals surface area contributed by atoms with Crippen molar-refractivity contribution < 1.29 is 0 Å². The van der Waals surface area contributed by atoms with Crippen LogP contribution in [0.15, 0.2) is 0 Å². The maximum absolute atomic E-state index is 2.90. The molecule has 2 aliphatic heterocycles. The minimum Gasteiger partial charge on any atom is -0.281 e. The van der Waals surface area contributed by atoms with Crippen LogP contribution in [0.3, 0.4) is 0 Å². The minimum atomic E-state index is 0.902. The van der Waals surface area contributed by atoms with Crippen LogP contribution in [0.4, 0.5) is 0 Å². The monoisotopic (exact) mass is 157 g/mol. The van der Waals surface area contributed by atoms with E-state index in [9.17, 15) is 0 Å². The molecule has 1 nitrogen and oxygen atoms in total. The lowest BCUT2D eigenvalue weighted by molar-refractivity contribution is 0.216. The maximum Gasteiger partial charge on any atom is 0.0135 e. The molecule has 3 atom stereocenters. The molecule has 0 spiro atoms. The summed E-state index contributed by atoms with van der Waals surface area (Å²) in [5.41, 5.74) is 0. The van der Waals surface area contributed by atoms with Gasteiger partial charge in [-0.05, 0) is 31.6 Å². The van der Waals surface area contributed by atoms with Crippen LogP contribution in [-0.2, 0) is 0 Å². The second-order valence-corrected chi connectivity index (χ2v) is 4.51. The Morgan fingerprint density at radius 1 is 1.20 bits per heavy atom. The Hall–Kier alpha value is 0.390. The fraction of sp³-hybridized carbons (Fsp3) is 1.00. The van der Waals surface area contributed by atoms with Crippen LogP contribution in [-0.4, -0.2) is 16.8 Å². The van der Waals surface area contributed by atoms with Crippen molar-refractivity contribution in [3.63, 3.8) is 0 Å². The Bertz CT molecular complexity index is 123. The molecule has 2 rings (SSSR count). The van der Waals surface area contributed by atoms with Crippen LogP contribution in [0.1, 0.15) is 32.6 Å². The SMILES string of the molecule is CC1CC2CCC(C1)N2P. The number of nitrogens with zero attached hydrogens (tertiary/aromatic N) is 1. The van der Waals surface area contributed by atoms with Gasteiger partial charge in [-0.25, -0.2) is 0 Å². The first-order valence-electron chi connectivity index (χ1n) is 4.30. The smallest absolute Gasteiger partial charge is 0.0135 e. The van der Waals surface area contributed by atoms with Crippen LogP contribution in [0.25, 0.3) is 0 Å². The van der Waals surface area contributed by atoms with E-state index in [2.05, 4.69) is 21.0 Å². The van der Waals surface area contributed by atoms with Gasteiger partial charge in [0.25, 0.3) is 0 Å². The van der Waals surface area contributed by atoms with E-state index in [1.807, 2.05) is 0 Å². The van der Waals surface area contributed by atoms with E-state index < -0.39 is 0 Å². The number of fused-ring (bicyclic) bond motifs is 2. The largest absolute Gasteiger partial charge is 0.281 e. The molecule has 0 saturated carbocycles. The molecule has 3 unspecified atom stereocenters. The Morgan fingerprint density at radius 3 is 2.20 bits per heavy atom. The molecule has 0 radical (unpaired) electrons. The van der Waals surface area contributed by atoms with Crippen LogP contribution in [0, 0.1) is 5.92 Å². The fourth-order valence-corrected chi connectivity index (χ4v) is 3.03. The molecule has 0 aromatic carbocycles. The van der Waals surface area contributed by atoms with Crippen molar-refractivity contribution in [1.82, 2.24) is 4.67 Å². The van der Waals surface area contributed by atoms with Gasteiger partial charge in [-0.3, -0.25) is 4.67 Å². The summed E-state index contributed by atoms with van der Waals surface area (Å²) in [5, 5.41) is 0. The third-order valence-electron chi connectivity index (χ3n) is 3.03. The average molecular weight is 157 g/mol. The van der Waals surface area contributed by atoms with Crippen LogP contribution in [0.2, 0.25) is 0 Å². The zero-order valence-corrected chi connectivity index (χ0v) is 7.74.